The van der Waals surface area contributed by atoms with Crippen LogP contribution in [0, 0.1) is 0 Å². The number of rotatable bonds is 4. The van der Waals surface area contributed by atoms with Gasteiger partial charge in [-0.25, -0.2) is 0 Å². The van der Waals surface area contributed by atoms with Crippen LogP contribution in [0.4, 0.5) is 0 Å². The molecule has 1 aliphatic carbocycles. The van der Waals surface area contributed by atoms with Gasteiger partial charge in [-0.3, -0.25) is 9.88 Å². The van der Waals surface area contributed by atoms with E-state index in [1.165, 1.54) is 0 Å². The predicted octanol–water partition coefficient (Wildman–Crippen LogP) is 4.05. The smallest absolute Gasteiger partial charge is 0.0847 e. The summed E-state index contributed by atoms with van der Waals surface area (Å²) < 4.78 is 11.7. The van der Waals surface area contributed by atoms with Crippen LogP contribution in [0.5, 0.6) is 0 Å². The van der Waals surface area contributed by atoms with Crippen molar-refractivity contribution in [3.8, 4) is 0 Å². The monoisotopic (exact) mass is 360 g/mol. The Balaban J connectivity index is 1.56. The molecule has 0 radical (unpaired) electrons. The van der Waals surface area contributed by atoms with Crippen LogP contribution in [0.25, 0.3) is 10.9 Å². The topological polar surface area (TPSA) is 34.6 Å². The first kappa shape index (κ1) is 17.2. The molecule has 0 unspecified atom stereocenters. The van der Waals surface area contributed by atoms with Crippen LogP contribution in [-0.2, 0) is 16.0 Å². The molecule has 0 N–H and O–H groups in total. The molecule has 0 bridgehead atoms. The highest BCUT2D eigenvalue weighted by Gasteiger charge is 2.51. The fourth-order valence-corrected chi connectivity index (χ4v) is 4.77. The Morgan fingerprint density at radius 2 is 2.12 bits per heavy atom. The molecule has 1 aromatic carbocycles. The largest absolute Gasteiger partial charge is 0.381 e. The van der Waals surface area contributed by atoms with Crippen LogP contribution in [0.3, 0.4) is 0 Å². The molecule has 1 aliphatic heterocycles. The minimum Gasteiger partial charge on any atom is -0.381 e. The van der Waals surface area contributed by atoms with Crippen LogP contribution in [0.1, 0.15) is 31.4 Å². The van der Waals surface area contributed by atoms with Crippen molar-refractivity contribution in [2.45, 2.75) is 50.0 Å². The molecule has 2 aromatic rings. The highest BCUT2D eigenvalue weighted by atomic mass is 35.5. The van der Waals surface area contributed by atoms with Gasteiger partial charge in [0.2, 0.25) is 0 Å². The van der Waals surface area contributed by atoms with E-state index in [1.54, 1.807) is 0 Å². The van der Waals surface area contributed by atoms with Gasteiger partial charge in [-0.15, -0.1) is 0 Å². The number of aromatic nitrogens is 1. The Hall–Kier alpha value is -1.20. The molecule has 1 saturated carbocycles. The first-order valence-electron chi connectivity index (χ1n) is 9.01. The van der Waals surface area contributed by atoms with Crippen molar-refractivity contribution in [1.82, 2.24) is 9.88 Å². The van der Waals surface area contributed by atoms with Crippen molar-refractivity contribution in [3.63, 3.8) is 0 Å². The molecule has 4 rings (SSSR count). The maximum absolute atomic E-state index is 6.07. The van der Waals surface area contributed by atoms with Gasteiger partial charge in [-0.1, -0.05) is 17.7 Å². The normalized spacial score (nSPS) is 29.9. The molecule has 1 saturated heterocycles. The van der Waals surface area contributed by atoms with E-state index in [9.17, 15) is 0 Å². The molecule has 0 amide bonds. The first-order valence-corrected chi connectivity index (χ1v) is 9.38. The van der Waals surface area contributed by atoms with Crippen LogP contribution in [0.15, 0.2) is 30.3 Å². The minimum absolute atomic E-state index is 0.0145. The van der Waals surface area contributed by atoms with Crippen LogP contribution in [-0.4, -0.2) is 48.4 Å². The lowest BCUT2D eigenvalue weighted by Crippen LogP contribution is -2.51. The lowest BCUT2D eigenvalue weighted by Gasteiger charge is -2.43. The lowest BCUT2D eigenvalue weighted by atomic mass is 9.79. The van der Waals surface area contributed by atoms with Crippen molar-refractivity contribution in [3.05, 3.63) is 41.0 Å². The quantitative estimate of drug-likeness (QED) is 0.824. The number of likely N-dealkylation sites (tertiary alicyclic amines) is 1. The zero-order valence-corrected chi connectivity index (χ0v) is 15.6. The minimum atomic E-state index is -0.0145. The molecule has 4 nitrogen and oxygen atoms in total. The number of ether oxygens (including phenoxy) is 2. The lowest BCUT2D eigenvalue weighted by molar-refractivity contribution is -0.0948. The van der Waals surface area contributed by atoms with Gasteiger partial charge >= 0.3 is 0 Å². The average Bonchev–Trinajstić information content (AvgIpc) is 3.00. The highest BCUT2D eigenvalue weighted by Crippen LogP contribution is 2.43. The Kier molecular flexibility index (Phi) is 4.71. The number of hydrogen-bond acceptors (Lipinski definition) is 4. The van der Waals surface area contributed by atoms with E-state index in [2.05, 4.69) is 17.0 Å². The van der Waals surface area contributed by atoms with Crippen molar-refractivity contribution in [1.29, 1.82) is 0 Å². The van der Waals surface area contributed by atoms with E-state index in [-0.39, 0.29) is 5.60 Å². The van der Waals surface area contributed by atoms with Gasteiger partial charge in [0, 0.05) is 43.8 Å². The summed E-state index contributed by atoms with van der Waals surface area (Å²) in [6.45, 7) is 1.90. The molecule has 2 heterocycles. The first-order chi connectivity index (χ1) is 12.1. The van der Waals surface area contributed by atoms with Crippen LogP contribution in [0.2, 0.25) is 5.02 Å². The zero-order valence-electron chi connectivity index (χ0n) is 14.9. The SMILES string of the molecule is CO[C@@H]1CC[C@@]2(OC)CCN(Cc3ccc4cc(Cl)ccc4n3)[C@H]2C1. The van der Waals surface area contributed by atoms with E-state index in [0.29, 0.717) is 12.1 Å². The fourth-order valence-electron chi connectivity index (χ4n) is 4.59. The molecule has 134 valence electrons. The second-order valence-corrected chi connectivity index (χ2v) is 7.71. The van der Waals surface area contributed by atoms with E-state index >= 15 is 0 Å². The van der Waals surface area contributed by atoms with E-state index in [1.807, 2.05) is 32.4 Å². The number of benzene rings is 1. The average molecular weight is 361 g/mol. The fraction of sp³-hybridized carbons (Fsp3) is 0.550. The molecule has 5 heteroatoms. The summed E-state index contributed by atoms with van der Waals surface area (Å²) in [5, 5.41) is 1.83. The zero-order chi connectivity index (χ0) is 17.4. The maximum atomic E-state index is 6.07. The van der Waals surface area contributed by atoms with Crippen molar-refractivity contribution < 1.29 is 9.47 Å². The summed E-state index contributed by atoms with van der Waals surface area (Å²) in [4.78, 5) is 7.36. The number of pyridine rings is 1. The standard InChI is InChI=1S/C20H25ClN2O2/c1-24-17-7-8-20(25-2)9-10-23(19(20)12-17)13-16-5-3-14-11-15(21)4-6-18(14)22-16/h3-6,11,17,19H,7-10,12-13H2,1-2H3/t17-,19+,20-/m1/s1. The van der Waals surface area contributed by atoms with Gasteiger partial charge in [-0.05, 0) is 49.9 Å². The third kappa shape index (κ3) is 3.17. The van der Waals surface area contributed by atoms with Crippen LogP contribution >= 0.6 is 11.6 Å². The maximum Gasteiger partial charge on any atom is 0.0847 e. The van der Waals surface area contributed by atoms with Gasteiger partial charge in [0.05, 0.1) is 22.9 Å². The highest BCUT2D eigenvalue weighted by molar-refractivity contribution is 6.31. The second kappa shape index (κ2) is 6.84. The summed E-state index contributed by atoms with van der Waals surface area (Å²) in [5.74, 6) is 0. The van der Waals surface area contributed by atoms with E-state index in [4.69, 9.17) is 26.1 Å². The van der Waals surface area contributed by atoms with Gasteiger partial charge < -0.3 is 9.47 Å². The van der Waals surface area contributed by atoms with Gasteiger partial charge in [0.1, 0.15) is 0 Å². The molecule has 2 aliphatic rings. The van der Waals surface area contributed by atoms with Gasteiger partial charge in [0.25, 0.3) is 0 Å². The third-order valence-corrected chi connectivity index (χ3v) is 6.29. The van der Waals surface area contributed by atoms with E-state index in [0.717, 1.165) is 60.4 Å². The van der Waals surface area contributed by atoms with Crippen molar-refractivity contribution in [2.24, 2.45) is 0 Å². The summed E-state index contributed by atoms with van der Waals surface area (Å²) in [7, 11) is 3.68. The molecular weight excluding hydrogens is 336 g/mol. The summed E-state index contributed by atoms with van der Waals surface area (Å²) in [5.41, 5.74) is 2.08. The number of fused-ring (bicyclic) bond motifs is 2. The number of methoxy groups -OCH3 is 2. The second-order valence-electron chi connectivity index (χ2n) is 7.28. The summed E-state index contributed by atoms with van der Waals surface area (Å²) >= 11 is 6.07. The van der Waals surface area contributed by atoms with E-state index < -0.39 is 0 Å². The number of halogens is 1. The molecule has 25 heavy (non-hydrogen) atoms. The Morgan fingerprint density at radius 1 is 1.24 bits per heavy atom. The number of hydrogen-bond donors (Lipinski definition) is 0. The summed E-state index contributed by atoms with van der Waals surface area (Å²) in [6.07, 6.45) is 4.62. The molecular formula is C20H25ClN2O2. The van der Waals surface area contributed by atoms with Gasteiger partial charge in [0.15, 0.2) is 0 Å². The third-order valence-electron chi connectivity index (χ3n) is 6.06. The Bertz CT molecular complexity index is 768. The Labute approximate surface area is 154 Å². The van der Waals surface area contributed by atoms with Crippen molar-refractivity contribution >= 4 is 22.5 Å². The molecule has 2 fully saturated rings. The predicted molar refractivity (Wildman–Crippen MR) is 100.0 cm³/mol. The molecule has 3 atom stereocenters. The molecule has 0 spiro atoms. The Morgan fingerprint density at radius 3 is 2.92 bits per heavy atom. The number of nitrogens with zero attached hydrogens (tertiary/aromatic N) is 2. The van der Waals surface area contributed by atoms with Crippen molar-refractivity contribution in [2.75, 3.05) is 20.8 Å². The van der Waals surface area contributed by atoms with Gasteiger partial charge in [-0.2, -0.15) is 0 Å². The summed E-state index contributed by atoms with van der Waals surface area (Å²) in [6, 6.07) is 10.5. The van der Waals surface area contributed by atoms with Crippen LogP contribution < -0.4 is 0 Å². The molecule has 1 aromatic heterocycles.